The lowest BCUT2D eigenvalue weighted by molar-refractivity contribution is 0.0628. The van der Waals surface area contributed by atoms with Gasteiger partial charge in [-0.3, -0.25) is 4.90 Å². The molecule has 4 nitrogen and oxygen atoms in total. The second-order valence-electron chi connectivity index (χ2n) is 5.17. The molecule has 0 aliphatic carbocycles. The van der Waals surface area contributed by atoms with Crippen LogP contribution in [-0.2, 0) is 6.54 Å². The summed E-state index contributed by atoms with van der Waals surface area (Å²) in [6.07, 6.45) is -0.716. The normalized spacial score (nSPS) is 12.8. The predicted molar refractivity (Wildman–Crippen MR) is 83.4 cm³/mol. The number of hydrogen-bond acceptors (Lipinski definition) is 5. The van der Waals surface area contributed by atoms with Gasteiger partial charge in [0.2, 0.25) is 0 Å². The van der Waals surface area contributed by atoms with Gasteiger partial charge in [0.15, 0.2) is 5.09 Å². The number of likely N-dealkylation sites (N-methyl/N-ethyl adjacent to an activating group) is 1. The third kappa shape index (κ3) is 5.21. The Kier molecular flexibility index (Phi) is 5.87. The van der Waals surface area contributed by atoms with Gasteiger partial charge in [0.05, 0.1) is 19.3 Å². The van der Waals surface area contributed by atoms with E-state index in [0.29, 0.717) is 13.1 Å². The first-order valence-electron chi connectivity index (χ1n) is 6.87. The molecule has 114 valence electrons. The maximum atomic E-state index is 9.40. The Labute approximate surface area is 129 Å². The fourth-order valence-corrected chi connectivity index (χ4v) is 2.76. The van der Waals surface area contributed by atoms with Crippen molar-refractivity contribution in [3.8, 4) is 0 Å². The van der Waals surface area contributed by atoms with E-state index in [1.165, 1.54) is 5.56 Å². The predicted octanol–water partition coefficient (Wildman–Crippen LogP) is 2.52. The lowest BCUT2D eigenvalue weighted by atomic mass is 10.2. The molecule has 5 heteroatoms. The molecule has 0 radical (unpaired) electrons. The van der Waals surface area contributed by atoms with E-state index in [2.05, 4.69) is 31.2 Å². The van der Waals surface area contributed by atoms with Crippen molar-refractivity contribution in [1.82, 2.24) is 4.90 Å². The molecule has 1 aromatic heterocycles. The van der Waals surface area contributed by atoms with Gasteiger partial charge in [-0.05, 0) is 38.2 Å². The molecule has 2 N–H and O–H groups in total. The Morgan fingerprint density at radius 3 is 2.57 bits per heavy atom. The summed E-state index contributed by atoms with van der Waals surface area (Å²) in [4.78, 5) is 3.06. The summed E-state index contributed by atoms with van der Waals surface area (Å²) in [5.41, 5.74) is 1.24. The Morgan fingerprint density at radius 1 is 1.19 bits per heavy atom. The van der Waals surface area contributed by atoms with Crippen LogP contribution in [0.4, 0.5) is 0 Å². The van der Waals surface area contributed by atoms with Crippen molar-refractivity contribution in [2.24, 2.45) is 0 Å². The molecular formula is C16H21NO3S. The van der Waals surface area contributed by atoms with Crippen LogP contribution in [0.1, 0.15) is 11.3 Å². The number of aryl methyl sites for hydroxylation is 1. The zero-order valence-corrected chi connectivity index (χ0v) is 13.1. The number of benzene rings is 1. The molecule has 1 unspecified atom stereocenters. The van der Waals surface area contributed by atoms with E-state index in [9.17, 15) is 5.11 Å². The molecule has 0 spiro atoms. The van der Waals surface area contributed by atoms with Gasteiger partial charge in [0.25, 0.3) is 0 Å². The summed E-state index contributed by atoms with van der Waals surface area (Å²) in [5.74, 6) is 0.845. The minimum Gasteiger partial charge on any atom is -0.453 e. The Morgan fingerprint density at radius 2 is 1.90 bits per heavy atom. The first kappa shape index (κ1) is 16.1. The van der Waals surface area contributed by atoms with Crippen molar-refractivity contribution in [2.75, 3.05) is 20.2 Å². The molecule has 1 heterocycles. The molecule has 0 aliphatic heterocycles. The monoisotopic (exact) mass is 307 g/mol. The van der Waals surface area contributed by atoms with E-state index in [1.54, 1.807) is 11.8 Å². The van der Waals surface area contributed by atoms with Crippen LogP contribution in [0.2, 0.25) is 0 Å². The smallest absolute Gasteiger partial charge is 0.165 e. The Balaban J connectivity index is 1.90. The van der Waals surface area contributed by atoms with Gasteiger partial charge in [-0.1, -0.05) is 29.5 Å². The van der Waals surface area contributed by atoms with Crippen molar-refractivity contribution in [2.45, 2.75) is 29.6 Å². The maximum absolute atomic E-state index is 9.40. The van der Waals surface area contributed by atoms with Crippen LogP contribution in [0.5, 0.6) is 0 Å². The summed E-state index contributed by atoms with van der Waals surface area (Å²) < 4.78 is 5.78. The SMILES string of the molecule is Cc1ccc(Sc2ccc(CN(C)CC(O)CO)o2)cc1. The van der Waals surface area contributed by atoms with E-state index in [0.717, 1.165) is 15.7 Å². The van der Waals surface area contributed by atoms with Crippen molar-refractivity contribution < 1.29 is 14.6 Å². The molecular weight excluding hydrogens is 286 g/mol. The molecule has 0 amide bonds. The molecule has 0 fully saturated rings. The summed E-state index contributed by atoms with van der Waals surface area (Å²) in [6.45, 7) is 2.86. The van der Waals surface area contributed by atoms with Gasteiger partial charge >= 0.3 is 0 Å². The zero-order valence-electron chi connectivity index (χ0n) is 12.3. The van der Waals surface area contributed by atoms with Crippen LogP contribution in [0.15, 0.2) is 50.8 Å². The lowest BCUT2D eigenvalue weighted by Crippen LogP contribution is -2.30. The van der Waals surface area contributed by atoms with Gasteiger partial charge in [0, 0.05) is 11.4 Å². The third-order valence-corrected chi connectivity index (χ3v) is 3.96. The average molecular weight is 307 g/mol. The molecule has 0 aliphatic rings. The first-order chi connectivity index (χ1) is 10.1. The highest BCUT2D eigenvalue weighted by Gasteiger charge is 2.10. The van der Waals surface area contributed by atoms with Gasteiger partial charge in [-0.2, -0.15) is 0 Å². The van der Waals surface area contributed by atoms with Crippen LogP contribution < -0.4 is 0 Å². The van der Waals surface area contributed by atoms with E-state index >= 15 is 0 Å². The average Bonchev–Trinajstić information content (AvgIpc) is 2.88. The molecule has 2 aromatic rings. The van der Waals surface area contributed by atoms with Gasteiger partial charge in [-0.25, -0.2) is 0 Å². The van der Waals surface area contributed by atoms with E-state index in [-0.39, 0.29) is 6.61 Å². The van der Waals surface area contributed by atoms with Crippen LogP contribution >= 0.6 is 11.8 Å². The lowest BCUT2D eigenvalue weighted by Gasteiger charge is -2.17. The highest BCUT2D eigenvalue weighted by Crippen LogP contribution is 2.29. The van der Waals surface area contributed by atoms with Crippen molar-refractivity contribution in [1.29, 1.82) is 0 Å². The van der Waals surface area contributed by atoms with Crippen molar-refractivity contribution >= 4 is 11.8 Å². The molecule has 0 saturated carbocycles. The largest absolute Gasteiger partial charge is 0.453 e. The molecule has 21 heavy (non-hydrogen) atoms. The fourth-order valence-electron chi connectivity index (χ4n) is 1.97. The van der Waals surface area contributed by atoms with Crippen LogP contribution in [-0.4, -0.2) is 41.4 Å². The van der Waals surface area contributed by atoms with Gasteiger partial charge in [-0.15, -0.1) is 0 Å². The van der Waals surface area contributed by atoms with Crippen LogP contribution in [0.25, 0.3) is 0 Å². The van der Waals surface area contributed by atoms with E-state index in [1.807, 2.05) is 24.1 Å². The number of furan rings is 1. The van der Waals surface area contributed by atoms with Crippen LogP contribution in [0, 0.1) is 6.92 Å². The quantitative estimate of drug-likeness (QED) is 0.823. The number of aliphatic hydroxyl groups excluding tert-OH is 2. The molecule has 1 atom stereocenters. The highest BCUT2D eigenvalue weighted by atomic mass is 32.2. The molecule has 0 bridgehead atoms. The molecule has 1 aromatic carbocycles. The first-order valence-corrected chi connectivity index (χ1v) is 7.69. The van der Waals surface area contributed by atoms with Gasteiger partial charge in [0.1, 0.15) is 5.76 Å². The van der Waals surface area contributed by atoms with Gasteiger partial charge < -0.3 is 14.6 Å². The van der Waals surface area contributed by atoms with Crippen molar-refractivity contribution in [3.63, 3.8) is 0 Å². The summed E-state index contributed by atoms with van der Waals surface area (Å²) in [6, 6.07) is 12.2. The van der Waals surface area contributed by atoms with E-state index < -0.39 is 6.10 Å². The van der Waals surface area contributed by atoms with E-state index in [4.69, 9.17) is 9.52 Å². The second kappa shape index (κ2) is 7.66. The number of hydrogen-bond donors (Lipinski definition) is 2. The second-order valence-corrected chi connectivity index (χ2v) is 6.25. The minimum atomic E-state index is -0.716. The number of nitrogens with zero attached hydrogens (tertiary/aromatic N) is 1. The van der Waals surface area contributed by atoms with Crippen molar-refractivity contribution in [3.05, 3.63) is 47.7 Å². The standard InChI is InChI=1S/C16H21NO3S/c1-12-3-6-15(7-4-12)21-16-8-5-14(20-16)10-17(2)9-13(19)11-18/h3-8,13,18-19H,9-11H2,1-2H3. The number of aliphatic hydroxyl groups is 2. The highest BCUT2D eigenvalue weighted by molar-refractivity contribution is 7.99. The zero-order chi connectivity index (χ0) is 15.2. The Hall–Kier alpha value is -1.27. The molecule has 2 rings (SSSR count). The minimum absolute atomic E-state index is 0.225. The maximum Gasteiger partial charge on any atom is 0.165 e. The third-order valence-electron chi connectivity index (χ3n) is 3.04. The fraction of sp³-hybridized carbons (Fsp3) is 0.375. The topological polar surface area (TPSA) is 56.8 Å². The summed E-state index contributed by atoms with van der Waals surface area (Å²) in [7, 11) is 1.88. The number of rotatable bonds is 7. The summed E-state index contributed by atoms with van der Waals surface area (Å²) >= 11 is 1.59. The Bertz CT molecular complexity index is 553. The van der Waals surface area contributed by atoms with Crippen LogP contribution in [0.3, 0.4) is 0 Å². The summed E-state index contributed by atoms with van der Waals surface area (Å²) in [5, 5.41) is 19.1. The molecule has 0 saturated heterocycles.